The van der Waals surface area contributed by atoms with Crippen LogP contribution in [0.3, 0.4) is 0 Å². The molecule has 0 aromatic rings. The maximum atomic E-state index is 10.8. The summed E-state index contributed by atoms with van der Waals surface area (Å²) in [4.78, 5) is 13.8. The van der Waals surface area contributed by atoms with Crippen LogP contribution in [-0.2, 0) is 4.79 Å². The second-order valence-corrected chi connectivity index (χ2v) is 2.52. The molecular weight excluding hydrogens is 156 g/mol. The monoisotopic (exact) mass is 167 g/mol. The Bertz CT molecular complexity index is 240. The van der Waals surface area contributed by atoms with Gasteiger partial charge in [0, 0.05) is 0 Å². The van der Waals surface area contributed by atoms with E-state index in [2.05, 4.69) is 15.8 Å². The maximum Gasteiger partial charge on any atom is 0.268 e. The van der Waals surface area contributed by atoms with Crippen molar-refractivity contribution in [1.82, 2.24) is 10.9 Å². The van der Waals surface area contributed by atoms with Crippen LogP contribution in [0.25, 0.3) is 0 Å². The number of nitrogens with zero attached hydrogens (tertiary/aromatic N) is 1. The fraction of sp³-hybridized carbons (Fsp3) is 0.571. The first-order valence-electron chi connectivity index (χ1n) is 3.84. The van der Waals surface area contributed by atoms with E-state index in [1.807, 2.05) is 0 Å². The molecule has 1 rings (SSSR count). The molecule has 1 aliphatic rings. The van der Waals surface area contributed by atoms with Gasteiger partial charge in [-0.15, -0.1) is 0 Å². The van der Waals surface area contributed by atoms with Gasteiger partial charge in [0.05, 0.1) is 19.0 Å². The summed E-state index contributed by atoms with van der Waals surface area (Å²) in [6.07, 6.45) is 1.89. The number of carbonyl (C=O) groups excluding carboxylic acids is 1. The molecule has 64 valence electrons. The van der Waals surface area contributed by atoms with Crippen LogP contribution in [0.5, 0.6) is 0 Å². The van der Waals surface area contributed by atoms with Gasteiger partial charge in [-0.2, -0.15) is 16.1 Å². The Morgan fingerprint density at radius 1 is 1.75 bits per heavy atom. The number of carbonyl (C=O) groups is 1. The van der Waals surface area contributed by atoms with Gasteiger partial charge in [-0.05, 0) is 6.42 Å². The number of rotatable bonds is 1. The topological polar surface area (TPSA) is 78.9 Å². The molecule has 5 nitrogen and oxygen atoms in total. The summed E-state index contributed by atoms with van der Waals surface area (Å²) in [5.74, 6) is 0.611. The van der Waals surface area contributed by atoms with Crippen molar-refractivity contribution in [3.8, 4) is 6.07 Å². The Hall–Kier alpha value is -1.57. The average Bonchev–Trinajstić information content (AvgIpc) is 2.53. The van der Waals surface area contributed by atoms with Gasteiger partial charge in [-0.25, -0.2) is 0 Å². The molecule has 0 radical (unpaired) electrons. The molecule has 0 aromatic heterocycles. The van der Waals surface area contributed by atoms with E-state index in [4.69, 9.17) is 5.26 Å². The minimum absolute atomic E-state index is 0.111. The first kappa shape index (κ1) is 8.53. The Morgan fingerprint density at radius 2 is 2.58 bits per heavy atom. The summed E-state index contributed by atoms with van der Waals surface area (Å²) in [5.41, 5.74) is 5.14. The van der Waals surface area contributed by atoms with Gasteiger partial charge < -0.3 is 0 Å². The lowest BCUT2D eigenvalue weighted by molar-refractivity contribution is -0.449. The molecule has 0 unspecified atom stereocenters. The summed E-state index contributed by atoms with van der Waals surface area (Å²) in [6.45, 7) is 0.941. The SMILES string of the molecule is N#CCC(=O)NNC1=[NH+]CCC1. The largest absolute Gasteiger partial charge is 0.277 e. The van der Waals surface area contributed by atoms with Gasteiger partial charge >= 0.3 is 0 Å². The van der Waals surface area contributed by atoms with E-state index in [1.165, 1.54) is 0 Å². The lowest BCUT2D eigenvalue weighted by atomic mass is 10.3. The minimum atomic E-state index is -0.307. The van der Waals surface area contributed by atoms with Crippen molar-refractivity contribution in [3.05, 3.63) is 0 Å². The smallest absolute Gasteiger partial charge is 0.268 e. The molecule has 0 spiro atoms. The molecule has 1 heterocycles. The zero-order valence-corrected chi connectivity index (χ0v) is 6.68. The van der Waals surface area contributed by atoms with E-state index >= 15 is 0 Å². The summed E-state index contributed by atoms with van der Waals surface area (Å²) in [6, 6.07) is 1.76. The summed E-state index contributed by atoms with van der Waals surface area (Å²) >= 11 is 0. The first-order chi connectivity index (χ1) is 5.83. The molecule has 0 saturated heterocycles. The van der Waals surface area contributed by atoms with Crippen LogP contribution in [0.15, 0.2) is 0 Å². The third kappa shape index (κ3) is 2.58. The Balaban J connectivity index is 2.17. The van der Waals surface area contributed by atoms with Crippen molar-refractivity contribution in [2.75, 3.05) is 6.54 Å². The van der Waals surface area contributed by atoms with Crippen LogP contribution in [-0.4, -0.2) is 18.3 Å². The zero-order chi connectivity index (χ0) is 8.81. The van der Waals surface area contributed by atoms with Crippen LogP contribution < -0.4 is 15.8 Å². The highest BCUT2D eigenvalue weighted by molar-refractivity contribution is 5.83. The lowest BCUT2D eigenvalue weighted by Crippen LogP contribution is -2.73. The highest BCUT2D eigenvalue weighted by Gasteiger charge is 2.12. The van der Waals surface area contributed by atoms with Crippen molar-refractivity contribution in [2.24, 2.45) is 0 Å². The second-order valence-electron chi connectivity index (χ2n) is 2.52. The fourth-order valence-corrected chi connectivity index (χ4v) is 0.961. The molecule has 0 aromatic carbocycles. The molecule has 0 atom stereocenters. The number of amidine groups is 1. The van der Waals surface area contributed by atoms with Crippen LogP contribution >= 0.6 is 0 Å². The average molecular weight is 167 g/mol. The normalized spacial score (nSPS) is 14.8. The minimum Gasteiger partial charge on any atom is -0.277 e. The molecule has 1 aliphatic heterocycles. The number of hydrazine groups is 1. The molecule has 12 heavy (non-hydrogen) atoms. The summed E-state index contributed by atoms with van der Waals surface area (Å²) in [5, 5.41) is 8.17. The molecule has 5 heteroatoms. The molecule has 0 saturated carbocycles. The summed E-state index contributed by atoms with van der Waals surface area (Å²) < 4.78 is 0. The predicted molar refractivity (Wildman–Crippen MR) is 41.6 cm³/mol. The first-order valence-corrected chi connectivity index (χ1v) is 3.84. The number of hydrogen-bond donors (Lipinski definition) is 3. The molecule has 0 bridgehead atoms. The van der Waals surface area contributed by atoms with E-state index in [0.717, 1.165) is 25.2 Å². The van der Waals surface area contributed by atoms with Gasteiger partial charge in [0.2, 0.25) is 0 Å². The molecule has 0 aliphatic carbocycles. The fourth-order valence-electron chi connectivity index (χ4n) is 0.961. The van der Waals surface area contributed by atoms with Crippen LogP contribution in [0, 0.1) is 11.3 Å². The van der Waals surface area contributed by atoms with Crippen molar-refractivity contribution >= 4 is 11.7 Å². The quantitative estimate of drug-likeness (QED) is 0.387. The van der Waals surface area contributed by atoms with Gasteiger partial charge in [-0.1, -0.05) is 0 Å². The Kier molecular flexibility index (Phi) is 3.08. The Labute approximate surface area is 70.4 Å². The highest BCUT2D eigenvalue weighted by atomic mass is 16.2. The van der Waals surface area contributed by atoms with Crippen molar-refractivity contribution < 1.29 is 9.79 Å². The van der Waals surface area contributed by atoms with E-state index in [0.29, 0.717) is 0 Å². The van der Waals surface area contributed by atoms with Crippen LogP contribution in [0.4, 0.5) is 0 Å². The lowest BCUT2D eigenvalue weighted by Gasteiger charge is -1.97. The standard InChI is InChI=1S/C7H10N4O/c8-4-3-7(12)11-10-6-2-1-5-9-6/h1-3,5H2,(H,9,10)(H,11,12)/p+1. The zero-order valence-electron chi connectivity index (χ0n) is 6.68. The highest BCUT2D eigenvalue weighted by Crippen LogP contribution is 1.85. The third-order valence-corrected chi connectivity index (χ3v) is 1.53. The summed E-state index contributed by atoms with van der Waals surface area (Å²) in [7, 11) is 0. The Morgan fingerprint density at radius 3 is 3.17 bits per heavy atom. The number of amides is 1. The van der Waals surface area contributed by atoms with E-state index < -0.39 is 0 Å². The molecular formula is C7H11N4O+. The molecule has 0 fully saturated rings. The van der Waals surface area contributed by atoms with E-state index in [-0.39, 0.29) is 12.3 Å². The van der Waals surface area contributed by atoms with Crippen molar-refractivity contribution in [1.29, 1.82) is 5.26 Å². The number of nitriles is 1. The van der Waals surface area contributed by atoms with Gasteiger partial charge in [0.15, 0.2) is 0 Å². The maximum absolute atomic E-state index is 10.8. The van der Waals surface area contributed by atoms with Crippen molar-refractivity contribution in [3.63, 3.8) is 0 Å². The molecule has 1 amide bonds. The third-order valence-electron chi connectivity index (χ3n) is 1.53. The second kappa shape index (κ2) is 4.34. The van der Waals surface area contributed by atoms with Crippen LogP contribution in [0.1, 0.15) is 19.3 Å². The van der Waals surface area contributed by atoms with Gasteiger partial charge in [-0.3, -0.25) is 9.79 Å². The van der Waals surface area contributed by atoms with Crippen LogP contribution in [0.2, 0.25) is 0 Å². The number of hydrogen-bond acceptors (Lipinski definition) is 3. The molecule has 3 N–H and O–H groups in total. The van der Waals surface area contributed by atoms with E-state index in [1.54, 1.807) is 6.07 Å². The number of nitrogens with one attached hydrogen (secondary N) is 3. The van der Waals surface area contributed by atoms with Crippen molar-refractivity contribution in [2.45, 2.75) is 19.3 Å². The van der Waals surface area contributed by atoms with E-state index in [9.17, 15) is 4.79 Å². The van der Waals surface area contributed by atoms with Gasteiger partial charge in [0.25, 0.3) is 11.7 Å². The predicted octanol–water partition coefficient (Wildman–Crippen LogP) is -2.21. The van der Waals surface area contributed by atoms with Gasteiger partial charge in [0.1, 0.15) is 6.42 Å².